The van der Waals surface area contributed by atoms with E-state index in [2.05, 4.69) is 10.3 Å². The number of aromatic nitrogens is 1. The van der Waals surface area contributed by atoms with Crippen LogP contribution in [0.2, 0.25) is 4.34 Å². The number of carbonyl (C=O) groups is 2. The van der Waals surface area contributed by atoms with Crippen molar-refractivity contribution >= 4 is 40.6 Å². The van der Waals surface area contributed by atoms with E-state index in [1.807, 2.05) is 32.0 Å². The molecule has 3 heterocycles. The monoisotopic (exact) mass is 515 g/mol. The van der Waals surface area contributed by atoms with Gasteiger partial charge in [-0.05, 0) is 67.3 Å². The van der Waals surface area contributed by atoms with Gasteiger partial charge in [-0.1, -0.05) is 18.5 Å². The van der Waals surface area contributed by atoms with E-state index in [9.17, 15) is 14.4 Å². The summed E-state index contributed by atoms with van der Waals surface area (Å²) < 4.78 is 12.1. The standard InChI is InChI=1S/C25H26ClN3O5S/c1-4-9-33-20-11-18(17-7-8-27-23(30)15(17)3)14(2)10-19(20)29-13-16(34-25(29)32)12-28-24(31)21-5-6-22(26)35-21/h5-8,10-11,16H,4,9,12-13H2,1-3H3,(H,27,30)(H,28,31)/t16-/m0/s1. The number of carbonyl (C=O) groups excluding carboxylic acids is 2. The van der Waals surface area contributed by atoms with Gasteiger partial charge in [-0.3, -0.25) is 14.5 Å². The highest BCUT2D eigenvalue weighted by Crippen LogP contribution is 2.38. The van der Waals surface area contributed by atoms with Crippen molar-refractivity contribution in [3.63, 3.8) is 0 Å². The Kier molecular flexibility index (Phi) is 7.47. The number of halogens is 1. The molecule has 35 heavy (non-hydrogen) atoms. The van der Waals surface area contributed by atoms with E-state index >= 15 is 0 Å². The number of cyclic esters (lactones) is 1. The van der Waals surface area contributed by atoms with Gasteiger partial charge < -0.3 is 19.8 Å². The van der Waals surface area contributed by atoms with Gasteiger partial charge in [0.1, 0.15) is 11.9 Å². The number of ether oxygens (including phenoxy) is 2. The number of nitrogens with one attached hydrogen (secondary N) is 2. The van der Waals surface area contributed by atoms with Crippen LogP contribution in [0.3, 0.4) is 0 Å². The van der Waals surface area contributed by atoms with Gasteiger partial charge in [0.2, 0.25) is 0 Å². The van der Waals surface area contributed by atoms with Crippen molar-refractivity contribution in [3.8, 4) is 16.9 Å². The topological polar surface area (TPSA) is 101 Å². The predicted molar refractivity (Wildman–Crippen MR) is 137 cm³/mol. The lowest BCUT2D eigenvalue weighted by Crippen LogP contribution is -2.34. The maximum atomic E-state index is 12.8. The molecule has 2 N–H and O–H groups in total. The van der Waals surface area contributed by atoms with Crippen molar-refractivity contribution in [1.82, 2.24) is 10.3 Å². The highest BCUT2D eigenvalue weighted by molar-refractivity contribution is 7.18. The second kappa shape index (κ2) is 10.5. The molecule has 3 aromatic rings. The molecule has 184 valence electrons. The lowest BCUT2D eigenvalue weighted by atomic mass is 9.96. The van der Waals surface area contributed by atoms with E-state index < -0.39 is 12.2 Å². The highest BCUT2D eigenvalue weighted by atomic mass is 35.5. The average molecular weight is 516 g/mol. The van der Waals surface area contributed by atoms with E-state index in [0.717, 1.165) is 23.1 Å². The first-order valence-corrected chi connectivity index (χ1v) is 12.5. The van der Waals surface area contributed by atoms with Crippen molar-refractivity contribution < 1.29 is 19.1 Å². The fraction of sp³-hybridized carbons (Fsp3) is 0.320. The molecule has 1 atom stereocenters. The molecule has 0 radical (unpaired) electrons. The first kappa shape index (κ1) is 24.8. The Morgan fingerprint density at radius 2 is 2.06 bits per heavy atom. The number of anilines is 1. The zero-order valence-electron chi connectivity index (χ0n) is 19.6. The number of nitrogens with zero attached hydrogens (tertiary/aromatic N) is 1. The van der Waals surface area contributed by atoms with Crippen LogP contribution in [0.25, 0.3) is 11.1 Å². The molecule has 1 aromatic carbocycles. The van der Waals surface area contributed by atoms with Crippen LogP contribution in [0, 0.1) is 13.8 Å². The Labute approximate surface area is 211 Å². The average Bonchev–Trinajstić information content (AvgIpc) is 3.43. The molecule has 0 unspecified atom stereocenters. The molecule has 2 amide bonds. The lowest BCUT2D eigenvalue weighted by molar-refractivity contribution is 0.0920. The van der Waals surface area contributed by atoms with Gasteiger partial charge in [-0.15, -0.1) is 11.3 Å². The summed E-state index contributed by atoms with van der Waals surface area (Å²) in [6.45, 7) is 6.60. The number of hydrogen-bond acceptors (Lipinski definition) is 6. The number of pyridine rings is 1. The largest absolute Gasteiger partial charge is 0.491 e. The summed E-state index contributed by atoms with van der Waals surface area (Å²) >= 11 is 7.09. The molecule has 1 aliphatic heterocycles. The number of amides is 2. The molecule has 10 heteroatoms. The molecule has 1 aliphatic rings. The van der Waals surface area contributed by atoms with Gasteiger partial charge in [-0.25, -0.2) is 4.79 Å². The van der Waals surface area contributed by atoms with Crippen LogP contribution in [0.15, 0.2) is 41.3 Å². The number of H-pyrrole nitrogens is 1. The molecule has 2 aromatic heterocycles. The van der Waals surface area contributed by atoms with Crippen LogP contribution in [-0.2, 0) is 4.74 Å². The zero-order valence-corrected chi connectivity index (χ0v) is 21.2. The summed E-state index contributed by atoms with van der Waals surface area (Å²) in [6.07, 6.45) is 1.38. The second-order valence-electron chi connectivity index (χ2n) is 8.26. The summed E-state index contributed by atoms with van der Waals surface area (Å²) in [7, 11) is 0. The minimum atomic E-state index is -0.518. The van der Waals surface area contributed by atoms with E-state index in [0.29, 0.717) is 32.8 Å². The predicted octanol–water partition coefficient (Wildman–Crippen LogP) is 4.92. The number of aryl methyl sites for hydroxylation is 1. The minimum absolute atomic E-state index is 0.153. The smallest absolute Gasteiger partial charge is 0.414 e. The summed E-state index contributed by atoms with van der Waals surface area (Å²) in [5.41, 5.74) is 3.59. The highest BCUT2D eigenvalue weighted by Gasteiger charge is 2.35. The summed E-state index contributed by atoms with van der Waals surface area (Å²) in [5, 5.41) is 2.79. The van der Waals surface area contributed by atoms with Crippen LogP contribution in [0.4, 0.5) is 10.5 Å². The quantitative estimate of drug-likeness (QED) is 0.443. The van der Waals surface area contributed by atoms with Crippen LogP contribution in [-0.4, -0.2) is 42.8 Å². The molecular weight excluding hydrogens is 490 g/mol. The van der Waals surface area contributed by atoms with Crippen molar-refractivity contribution in [1.29, 1.82) is 0 Å². The SMILES string of the molecule is CCCOc1cc(-c2cc[nH]c(=O)c2C)c(C)cc1N1C[C@H](CNC(=O)c2ccc(Cl)s2)OC1=O. The first-order chi connectivity index (χ1) is 16.8. The zero-order chi connectivity index (χ0) is 25.1. The summed E-state index contributed by atoms with van der Waals surface area (Å²) in [5.74, 6) is 0.263. The van der Waals surface area contributed by atoms with E-state index in [4.69, 9.17) is 21.1 Å². The third-order valence-electron chi connectivity index (χ3n) is 5.72. The third-order valence-corrected chi connectivity index (χ3v) is 6.95. The third kappa shape index (κ3) is 5.36. The van der Waals surface area contributed by atoms with Gasteiger partial charge in [0.25, 0.3) is 11.5 Å². The van der Waals surface area contributed by atoms with E-state index in [1.165, 1.54) is 16.2 Å². The maximum Gasteiger partial charge on any atom is 0.414 e. The van der Waals surface area contributed by atoms with Crippen molar-refractivity contribution in [2.24, 2.45) is 0 Å². The Bertz CT molecular complexity index is 1320. The van der Waals surface area contributed by atoms with Gasteiger partial charge in [-0.2, -0.15) is 0 Å². The first-order valence-electron chi connectivity index (χ1n) is 11.3. The number of rotatable bonds is 8. The molecule has 0 saturated carbocycles. The van der Waals surface area contributed by atoms with Crippen molar-refractivity contribution in [2.45, 2.75) is 33.3 Å². The second-order valence-corrected chi connectivity index (χ2v) is 9.97. The van der Waals surface area contributed by atoms with E-state index in [1.54, 1.807) is 25.3 Å². The fourth-order valence-electron chi connectivity index (χ4n) is 3.90. The van der Waals surface area contributed by atoms with Crippen LogP contribution in [0.1, 0.15) is 34.1 Å². The number of aromatic amines is 1. The van der Waals surface area contributed by atoms with Crippen molar-refractivity contribution in [3.05, 3.63) is 67.2 Å². The van der Waals surface area contributed by atoms with Crippen LogP contribution < -0.4 is 20.5 Å². The van der Waals surface area contributed by atoms with Gasteiger partial charge in [0, 0.05) is 11.8 Å². The Morgan fingerprint density at radius 3 is 2.77 bits per heavy atom. The van der Waals surface area contributed by atoms with Crippen LogP contribution in [0.5, 0.6) is 5.75 Å². The molecule has 0 aliphatic carbocycles. The molecule has 4 rings (SSSR count). The van der Waals surface area contributed by atoms with Crippen molar-refractivity contribution in [2.75, 3.05) is 24.6 Å². The molecule has 0 spiro atoms. The number of hydrogen-bond donors (Lipinski definition) is 2. The van der Waals surface area contributed by atoms with Crippen LogP contribution >= 0.6 is 22.9 Å². The summed E-state index contributed by atoms with van der Waals surface area (Å²) in [4.78, 5) is 41.9. The maximum absolute atomic E-state index is 12.8. The van der Waals surface area contributed by atoms with Gasteiger partial charge in [0.15, 0.2) is 0 Å². The number of thiophene rings is 1. The fourth-order valence-corrected chi connectivity index (χ4v) is 4.86. The molecule has 1 fully saturated rings. The number of benzene rings is 1. The minimum Gasteiger partial charge on any atom is -0.491 e. The molecule has 1 saturated heterocycles. The lowest BCUT2D eigenvalue weighted by Gasteiger charge is -2.21. The molecular formula is C25H26ClN3O5S. The van der Waals surface area contributed by atoms with Gasteiger partial charge >= 0.3 is 6.09 Å². The molecule has 0 bridgehead atoms. The Balaban J connectivity index is 1.57. The Hall–Kier alpha value is -3.30. The molecule has 8 nitrogen and oxygen atoms in total. The van der Waals surface area contributed by atoms with Gasteiger partial charge in [0.05, 0.1) is 34.6 Å². The normalized spacial score (nSPS) is 15.3. The summed E-state index contributed by atoms with van der Waals surface area (Å²) in [6, 6.07) is 8.91. The van der Waals surface area contributed by atoms with E-state index in [-0.39, 0.29) is 24.6 Å². The Morgan fingerprint density at radius 1 is 1.26 bits per heavy atom.